The summed E-state index contributed by atoms with van der Waals surface area (Å²) >= 11 is 0. The lowest BCUT2D eigenvalue weighted by Crippen LogP contribution is -2.42. The molecular formula is C20H30IN3O2. The number of benzene rings is 1. The van der Waals surface area contributed by atoms with E-state index in [0.717, 1.165) is 55.7 Å². The average Bonchev–Trinajstić information content (AvgIpc) is 2.92. The quantitative estimate of drug-likeness (QED) is 0.414. The van der Waals surface area contributed by atoms with Crippen LogP contribution in [0, 0.1) is 5.41 Å². The molecule has 2 aliphatic heterocycles. The Morgan fingerprint density at radius 2 is 2.04 bits per heavy atom. The highest BCUT2D eigenvalue weighted by molar-refractivity contribution is 14.0. The number of hydrogen-bond acceptors (Lipinski definition) is 3. The summed E-state index contributed by atoms with van der Waals surface area (Å²) in [6.45, 7) is 7.37. The number of rotatable bonds is 3. The first-order chi connectivity index (χ1) is 12.3. The molecule has 0 amide bonds. The number of hydrogen-bond donors (Lipinski definition) is 1. The number of ether oxygens (including phenoxy) is 2. The number of para-hydroxylation sites is 1. The lowest BCUT2D eigenvalue weighted by molar-refractivity contribution is 0.151. The third-order valence-corrected chi connectivity index (χ3v) is 5.74. The number of aliphatic imine (C=N–C) groups is 1. The van der Waals surface area contributed by atoms with E-state index < -0.39 is 0 Å². The molecule has 4 rings (SSSR count). The van der Waals surface area contributed by atoms with Gasteiger partial charge in [-0.05, 0) is 37.7 Å². The van der Waals surface area contributed by atoms with E-state index in [2.05, 4.69) is 23.2 Å². The van der Waals surface area contributed by atoms with E-state index >= 15 is 0 Å². The highest BCUT2D eigenvalue weighted by Gasteiger charge is 2.43. The van der Waals surface area contributed by atoms with Gasteiger partial charge < -0.3 is 19.7 Å². The lowest BCUT2D eigenvalue weighted by Gasteiger charge is -2.38. The molecule has 1 saturated heterocycles. The van der Waals surface area contributed by atoms with E-state index in [1.807, 2.05) is 12.1 Å². The number of nitrogens with one attached hydrogen (secondary N) is 1. The summed E-state index contributed by atoms with van der Waals surface area (Å²) in [6, 6.07) is 6.11. The average molecular weight is 471 g/mol. The van der Waals surface area contributed by atoms with Gasteiger partial charge in [0.2, 0.25) is 0 Å². The molecule has 1 N–H and O–H groups in total. The summed E-state index contributed by atoms with van der Waals surface area (Å²) in [5.74, 6) is 2.76. The van der Waals surface area contributed by atoms with Gasteiger partial charge in [0.1, 0.15) is 0 Å². The van der Waals surface area contributed by atoms with Crippen LogP contribution in [0.1, 0.15) is 44.6 Å². The van der Waals surface area contributed by atoms with Crippen LogP contribution < -0.4 is 14.8 Å². The van der Waals surface area contributed by atoms with Gasteiger partial charge in [-0.15, -0.1) is 24.0 Å². The zero-order valence-corrected chi connectivity index (χ0v) is 18.0. The zero-order valence-electron chi connectivity index (χ0n) is 15.6. The maximum Gasteiger partial charge on any atom is 0.194 e. The number of likely N-dealkylation sites (tertiary alicyclic amines) is 1. The summed E-state index contributed by atoms with van der Waals surface area (Å²) in [5.41, 5.74) is 1.68. The second-order valence-corrected chi connectivity index (χ2v) is 7.49. The molecule has 1 aromatic rings. The summed E-state index contributed by atoms with van der Waals surface area (Å²) < 4.78 is 11.7. The van der Waals surface area contributed by atoms with Crippen LogP contribution >= 0.6 is 24.0 Å². The molecule has 0 unspecified atom stereocenters. The molecule has 5 nitrogen and oxygen atoms in total. The Labute approximate surface area is 173 Å². The molecule has 1 aromatic carbocycles. The maximum atomic E-state index is 5.93. The van der Waals surface area contributed by atoms with Gasteiger partial charge in [-0.2, -0.15) is 0 Å². The first kappa shape index (κ1) is 19.6. The first-order valence-corrected chi connectivity index (χ1v) is 9.70. The zero-order chi connectivity index (χ0) is 17.1. The van der Waals surface area contributed by atoms with Gasteiger partial charge in [-0.25, -0.2) is 4.99 Å². The summed E-state index contributed by atoms with van der Waals surface area (Å²) in [6.07, 6.45) is 6.42. The Morgan fingerprint density at radius 1 is 1.19 bits per heavy atom. The molecule has 2 fully saturated rings. The van der Waals surface area contributed by atoms with Crippen LogP contribution in [0.3, 0.4) is 0 Å². The molecule has 0 bridgehead atoms. The highest BCUT2D eigenvalue weighted by Crippen LogP contribution is 2.47. The van der Waals surface area contributed by atoms with Crippen LogP contribution in [0.5, 0.6) is 11.5 Å². The van der Waals surface area contributed by atoms with Crippen LogP contribution in [-0.2, 0) is 6.54 Å². The van der Waals surface area contributed by atoms with Crippen molar-refractivity contribution in [1.82, 2.24) is 10.2 Å². The van der Waals surface area contributed by atoms with Crippen molar-refractivity contribution in [2.24, 2.45) is 10.4 Å². The Kier molecular flexibility index (Phi) is 6.53. The third kappa shape index (κ3) is 4.05. The normalized spacial score (nSPS) is 21.0. The first-order valence-electron chi connectivity index (χ1n) is 9.70. The predicted octanol–water partition coefficient (Wildman–Crippen LogP) is 3.81. The summed E-state index contributed by atoms with van der Waals surface area (Å²) in [4.78, 5) is 7.37. The SMILES string of the molecule is CCNC(=NCc1cccc2c1OCCCO2)N1CCC2(CCC2)C1.I. The van der Waals surface area contributed by atoms with Gasteiger partial charge >= 0.3 is 0 Å². The molecule has 0 aromatic heterocycles. The van der Waals surface area contributed by atoms with Crippen LogP contribution in [0.25, 0.3) is 0 Å². The molecule has 1 saturated carbocycles. The van der Waals surface area contributed by atoms with E-state index in [1.165, 1.54) is 25.7 Å². The Bertz CT molecular complexity index is 646. The second-order valence-electron chi connectivity index (χ2n) is 7.49. The Hall–Kier alpha value is -1.18. The van der Waals surface area contributed by atoms with Gasteiger partial charge in [0, 0.05) is 31.6 Å². The van der Waals surface area contributed by atoms with E-state index in [0.29, 0.717) is 18.6 Å². The predicted molar refractivity (Wildman–Crippen MR) is 115 cm³/mol. The Balaban J connectivity index is 0.00000196. The topological polar surface area (TPSA) is 46.1 Å². The fourth-order valence-corrected chi connectivity index (χ4v) is 4.17. The minimum Gasteiger partial charge on any atom is -0.490 e. The second kappa shape index (κ2) is 8.67. The monoisotopic (exact) mass is 471 g/mol. The van der Waals surface area contributed by atoms with Crippen LogP contribution in [0.4, 0.5) is 0 Å². The lowest BCUT2D eigenvalue weighted by atomic mass is 9.68. The molecule has 0 atom stereocenters. The van der Waals surface area contributed by atoms with Crippen molar-refractivity contribution < 1.29 is 9.47 Å². The van der Waals surface area contributed by atoms with E-state index in [-0.39, 0.29) is 24.0 Å². The van der Waals surface area contributed by atoms with E-state index in [1.54, 1.807) is 0 Å². The smallest absolute Gasteiger partial charge is 0.194 e. The highest BCUT2D eigenvalue weighted by atomic mass is 127. The summed E-state index contributed by atoms with van der Waals surface area (Å²) in [7, 11) is 0. The van der Waals surface area contributed by atoms with Crippen molar-refractivity contribution in [1.29, 1.82) is 0 Å². The molecule has 1 aliphatic carbocycles. The van der Waals surface area contributed by atoms with Crippen LogP contribution in [-0.4, -0.2) is 43.7 Å². The van der Waals surface area contributed by atoms with Crippen molar-refractivity contribution >= 4 is 29.9 Å². The Morgan fingerprint density at radius 3 is 2.77 bits per heavy atom. The number of halogens is 1. The van der Waals surface area contributed by atoms with Crippen molar-refractivity contribution in [2.75, 3.05) is 32.8 Å². The molecule has 2 heterocycles. The molecule has 144 valence electrons. The summed E-state index contributed by atoms with van der Waals surface area (Å²) in [5, 5.41) is 3.48. The minimum absolute atomic E-state index is 0. The molecule has 1 spiro atoms. The van der Waals surface area contributed by atoms with Crippen molar-refractivity contribution in [2.45, 2.75) is 45.6 Å². The standard InChI is InChI=1S/C20H29N3O2.HI/c1-2-21-19(23-11-10-20(15-23)8-4-9-20)22-14-16-6-3-7-17-18(16)25-13-5-12-24-17;/h3,6-7H,2,4-5,8-15H2,1H3,(H,21,22);1H. The van der Waals surface area contributed by atoms with Crippen molar-refractivity contribution in [3.63, 3.8) is 0 Å². The largest absolute Gasteiger partial charge is 0.490 e. The van der Waals surface area contributed by atoms with Gasteiger partial charge in [-0.3, -0.25) is 0 Å². The van der Waals surface area contributed by atoms with Crippen molar-refractivity contribution in [3.05, 3.63) is 23.8 Å². The molecule has 26 heavy (non-hydrogen) atoms. The fraction of sp³-hybridized carbons (Fsp3) is 0.650. The molecule has 6 heteroatoms. The number of guanidine groups is 1. The van der Waals surface area contributed by atoms with Crippen molar-refractivity contribution in [3.8, 4) is 11.5 Å². The van der Waals surface area contributed by atoms with Gasteiger partial charge in [-0.1, -0.05) is 18.6 Å². The maximum absolute atomic E-state index is 5.93. The van der Waals surface area contributed by atoms with Crippen LogP contribution in [0.15, 0.2) is 23.2 Å². The molecule has 3 aliphatic rings. The van der Waals surface area contributed by atoms with Gasteiger partial charge in [0.05, 0.1) is 19.8 Å². The number of fused-ring (bicyclic) bond motifs is 1. The molecule has 0 radical (unpaired) electrons. The minimum atomic E-state index is 0. The van der Waals surface area contributed by atoms with E-state index in [9.17, 15) is 0 Å². The van der Waals surface area contributed by atoms with Gasteiger partial charge in [0.25, 0.3) is 0 Å². The third-order valence-electron chi connectivity index (χ3n) is 5.74. The molecular weight excluding hydrogens is 441 g/mol. The number of nitrogens with zero attached hydrogens (tertiary/aromatic N) is 2. The van der Waals surface area contributed by atoms with E-state index in [4.69, 9.17) is 14.5 Å². The van der Waals surface area contributed by atoms with Crippen LogP contribution in [0.2, 0.25) is 0 Å². The van der Waals surface area contributed by atoms with Gasteiger partial charge in [0.15, 0.2) is 17.5 Å². The fourth-order valence-electron chi connectivity index (χ4n) is 4.17.